The normalized spacial score (nSPS) is 20.5. The van der Waals surface area contributed by atoms with Crippen molar-refractivity contribution in [1.82, 2.24) is 4.57 Å². The van der Waals surface area contributed by atoms with Crippen molar-refractivity contribution in [2.45, 2.75) is 50.5 Å². The molecule has 0 N–H and O–H groups in total. The van der Waals surface area contributed by atoms with Crippen molar-refractivity contribution >= 4 is 73.3 Å². The van der Waals surface area contributed by atoms with E-state index in [1.807, 2.05) is 0 Å². The summed E-state index contributed by atoms with van der Waals surface area (Å²) in [6.45, 7) is 5.30. The van der Waals surface area contributed by atoms with Crippen molar-refractivity contribution < 1.29 is 0 Å². The lowest BCUT2D eigenvalue weighted by Gasteiger charge is -2.52. The molecule has 12 rings (SSSR count). The molecule has 1 saturated carbocycles. The van der Waals surface area contributed by atoms with Crippen LogP contribution in [0, 0.1) is 0 Å². The summed E-state index contributed by atoms with van der Waals surface area (Å²) in [4.78, 5) is 5.34. The number of hydrogen-bond acceptors (Lipinski definition) is 2. The zero-order chi connectivity index (χ0) is 35.8. The van der Waals surface area contributed by atoms with Crippen LogP contribution < -0.4 is 26.2 Å². The lowest BCUT2D eigenvalue weighted by molar-refractivity contribution is 0.195. The van der Waals surface area contributed by atoms with Gasteiger partial charge in [0, 0.05) is 50.3 Å². The summed E-state index contributed by atoms with van der Waals surface area (Å²) < 4.78 is 2.39. The highest BCUT2D eigenvalue weighted by molar-refractivity contribution is 7.00. The van der Waals surface area contributed by atoms with Gasteiger partial charge in [0.25, 0.3) is 6.71 Å². The van der Waals surface area contributed by atoms with Crippen LogP contribution in [0.25, 0.3) is 38.6 Å². The van der Waals surface area contributed by atoms with E-state index in [2.05, 4.69) is 186 Å². The maximum atomic E-state index is 2.80. The number of nitrogens with zero attached hydrogens (tertiary/aromatic N) is 3. The number of fused-ring (bicyclic) bond motifs is 10. The van der Waals surface area contributed by atoms with Crippen molar-refractivity contribution in [2.75, 3.05) is 9.80 Å². The van der Waals surface area contributed by atoms with Gasteiger partial charge in [-0.05, 0) is 114 Å². The fourth-order valence-corrected chi connectivity index (χ4v) is 11.3. The summed E-state index contributed by atoms with van der Waals surface area (Å²) >= 11 is 0. The van der Waals surface area contributed by atoms with E-state index in [9.17, 15) is 0 Å². The van der Waals surface area contributed by atoms with Gasteiger partial charge >= 0.3 is 0 Å². The molecule has 4 aliphatic rings. The second-order valence-corrected chi connectivity index (χ2v) is 16.4. The van der Waals surface area contributed by atoms with E-state index in [-0.39, 0.29) is 17.7 Å². The Hall–Kier alpha value is -6.00. The SMILES string of the molecule is CC12CCCCC1(C)N1c3cccc4c3B(c3ccccc3N4c3cccc(-c4ccc5c(c4)c4ccccc4n5-c4ccccc4)c3)c3cccc2c31. The Kier molecular flexibility index (Phi) is 6.09. The molecule has 0 spiro atoms. The highest BCUT2D eigenvalue weighted by Gasteiger charge is 2.61. The molecule has 7 aromatic carbocycles. The second kappa shape index (κ2) is 10.8. The molecule has 1 aliphatic carbocycles. The Morgan fingerprint density at radius 1 is 0.519 bits per heavy atom. The first-order valence-electron chi connectivity index (χ1n) is 19.7. The molecule has 3 aliphatic heterocycles. The van der Waals surface area contributed by atoms with Crippen LogP contribution in [-0.2, 0) is 5.41 Å². The Morgan fingerprint density at radius 3 is 2.13 bits per heavy atom. The maximum absolute atomic E-state index is 2.80. The van der Waals surface area contributed by atoms with Crippen LogP contribution in [0.4, 0.5) is 28.4 Å². The average Bonchev–Trinajstić information content (AvgIpc) is 3.66. The van der Waals surface area contributed by atoms with Gasteiger partial charge in [-0.1, -0.05) is 117 Å². The summed E-state index contributed by atoms with van der Waals surface area (Å²) in [5.41, 5.74) is 18.7. The van der Waals surface area contributed by atoms with Crippen LogP contribution in [0.5, 0.6) is 0 Å². The van der Waals surface area contributed by atoms with Crippen LogP contribution in [-0.4, -0.2) is 16.8 Å². The molecule has 2 atom stereocenters. The molecule has 8 aromatic rings. The number of anilines is 5. The highest BCUT2D eigenvalue weighted by Crippen LogP contribution is 2.61. The molecule has 4 heteroatoms. The van der Waals surface area contributed by atoms with Gasteiger partial charge in [0.05, 0.1) is 16.6 Å². The monoisotopic (exact) mass is 693 g/mol. The van der Waals surface area contributed by atoms with E-state index in [0.717, 1.165) is 0 Å². The predicted molar refractivity (Wildman–Crippen MR) is 228 cm³/mol. The van der Waals surface area contributed by atoms with Crippen molar-refractivity contribution in [1.29, 1.82) is 0 Å². The van der Waals surface area contributed by atoms with Crippen LogP contribution >= 0.6 is 0 Å². The standard InChI is InChI=1S/C50H40BN3/c1-49-29-10-11-30-50(49,2)54-46-26-14-25-45-47(46)51(41-22-13-20-39(49)48(41)54)40-21-7-9-24-44(40)53(45)36-18-12-15-33(31-36)34-27-28-43-38(32-34)37-19-6-8-23-42(37)52(43)35-16-4-3-5-17-35/h3-9,12-28,31-32H,10-11,29-30H2,1-2H3. The third-order valence-electron chi connectivity index (χ3n) is 13.9. The molecule has 3 nitrogen and oxygen atoms in total. The molecular weight excluding hydrogens is 653 g/mol. The quantitative estimate of drug-likeness (QED) is 0.171. The second-order valence-electron chi connectivity index (χ2n) is 16.4. The van der Waals surface area contributed by atoms with Crippen LogP contribution in [0.15, 0.2) is 158 Å². The number of benzene rings is 7. The molecule has 54 heavy (non-hydrogen) atoms. The first-order valence-corrected chi connectivity index (χ1v) is 19.7. The fourth-order valence-electron chi connectivity index (χ4n) is 11.3. The van der Waals surface area contributed by atoms with E-state index in [4.69, 9.17) is 0 Å². The largest absolute Gasteiger partial charge is 0.335 e. The molecule has 1 fully saturated rings. The van der Waals surface area contributed by atoms with E-state index in [1.54, 1.807) is 5.56 Å². The maximum Gasteiger partial charge on any atom is 0.252 e. The zero-order valence-corrected chi connectivity index (χ0v) is 30.8. The van der Waals surface area contributed by atoms with Crippen LogP contribution in [0.3, 0.4) is 0 Å². The smallest absolute Gasteiger partial charge is 0.252 e. The van der Waals surface area contributed by atoms with Gasteiger partial charge in [-0.2, -0.15) is 0 Å². The van der Waals surface area contributed by atoms with Crippen LogP contribution in [0.2, 0.25) is 0 Å². The Morgan fingerprint density at radius 2 is 1.20 bits per heavy atom. The van der Waals surface area contributed by atoms with Gasteiger partial charge in [0.15, 0.2) is 0 Å². The van der Waals surface area contributed by atoms with E-state index < -0.39 is 0 Å². The Balaban J connectivity index is 1.04. The van der Waals surface area contributed by atoms with Gasteiger partial charge in [0.1, 0.15) is 0 Å². The average molecular weight is 694 g/mol. The number of hydrogen-bond donors (Lipinski definition) is 0. The molecule has 0 bridgehead atoms. The van der Waals surface area contributed by atoms with Crippen molar-refractivity contribution in [3.8, 4) is 16.8 Å². The van der Waals surface area contributed by atoms with Gasteiger partial charge < -0.3 is 14.4 Å². The fraction of sp³-hybridized carbons (Fsp3) is 0.160. The van der Waals surface area contributed by atoms with Crippen molar-refractivity contribution in [2.24, 2.45) is 0 Å². The van der Waals surface area contributed by atoms with Crippen molar-refractivity contribution in [3.63, 3.8) is 0 Å². The topological polar surface area (TPSA) is 11.4 Å². The summed E-state index contributed by atoms with van der Waals surface area (Å²) in [6.07, 6.45) is 5.03. The number of rotatable bonds is 3. The molecule has 0 amide bonds. The van der Waals surface area contributed by atoms with E-state index in [1.165, 1.54) is 109 Å². The summed E-state index contributed by atoms with van der Waals surface area (Å²) in [7, 11) is 0. The highest BCUT2D eigenvalue weighted by atomic mass is 15.3. The number of para-hydroxylation sites is 4. The minimum atomic E-state index is 0.0355. The van der Waals surface area contributed by atoms with Crippen LogP contribution in [0.1, 0.15) is 45.1 Å². The van der Waals surface area contributed by atoms with Gasteiger partial charge in [0.2, 0.25) is 0 Å². The molecule has 2 unspecified atom stereocenters. The Labute approximate surface area is 317 Å². The lowest BCUT2D eigenvalue weighted by Crippen LogP contribution is -2.64. The van der Waals surface area contributed by atoms with Gasteiger partial charge in [-0.25, -0.2) is 0 Å². The third kappa shape index (κ3) is 3.78. The van der Waals surface area contributed by atoms with Gasteiger partial charge in [-0.3, -0.25) is 0 Å². The molecular formula is C50H40BN3. The molecule has 0 radical (unpaired) electrons. The summed E-state index contributed by atoms with van der Waals surface area (Å²) in [6, 6.07) is 59.2. The van der Waals surface area contributed by atoms with Gasteiger partial charge in [-0.15, -0.1) is 0 Å². The van der Waals surface area contributed by atoms with Crippen molar-refractivity contribution in [3.05, 3.63) is 163 Å². The lowest BCUT2D eigenvalue weighted by atomic mass is 9.33. The first kappa shape index (κ1) is 30.5. The molecule has 258 valence electrons. The molecule has 1 aromatic heterocycles. The van der Waals surface area contributed by atoms with E-state index in [0.29, 0.717) is 0 Å². The minimum Gasteiger partial charge on any atom is -0.335 e. The number of aromatic nitrogens is 1. The molecule has 4 heterocycles. The first-order chi connectivity index (χ1) is 26.5. The zero-order valence-electron chi connectivity index (χ0n) is 30.8. The minimum absolute atomic E-state index is 0.0355. The summed E-state index contributed by atoms with van der Waals surface area (Å²) in [5.74, 6) is 0. The third-order valence-corrected chi connectivity index (χ3v) is 13.9. The summed E-state index contributed by atoms with van der Waals surface area (Å²) in [5, 5.41) is 2.54. The predicted octanol–water partition coefficient (Wildman–Crippen LogP) is 10.8. The Bertz CT molecular complexity index is 2850. The van der Waals surface area contributed by atoms with E-state index >= 15 is 0 Å². The molecule has 0 saturated heterocycles.